The molecule has 7 heteroatoms. The van der Waals surface area contributed by atoms with Gasteiger partial charge in [0.2, 0.25) is 0 Å². The number of benzene rings is 2. The fourth-order valence-electron chi connectivity index (χ4n) is 1.62. The number of halogens is 3. The molecular formula is C16H10ClF2N3O. The van der Waals surface area contributed by atoms with Gasteiger partial charge in [-0.25, -0.2) is 8.78 Å². The van der Waals surface area contributed by atoms with E-state index in [9.17, 15) is 13.6 Å². The normalized spacial score (nSPS) is 10.8. The maximum absolute atomic E-state index is 13.0. The molecule has 0 atom stereocenters. The van der Waals surface area contributed by atoms with Gasteiger partial charge >= 0.3 is 0 Å². The molecule has 2 aromatic carbocycles. The molecule has 0 aromatic heterocycles. The molecule has 0 aliphatic heterocycles. The molecule has 0 aliphatic carbocycles. The van der Waals surface area contributed by atoms with Crippen LogP contribution in [0.3, 0.4) is 0 Å². The largest absolute Gasteiger partial charge is 0.360 e. The Labute approximate surface area is 136 Å². The van der Waals surface area contributed by atoms with E-state index in [0.29, 0.717) is 11.4 Å². The van der Waals surface area contributed by atoms with Crippen molar-refractivity contribution in [2.24, 2.45) is 0 Å². The van der Waals surface area contributed by atoms with E-state index >= 15 is 0 Å². The Bertz CT molecular complexity index is 798. The third kappa shape index (κ3) is 4.53. The zero-order chi connectivity index (χ0) is 16.8. The summed E-state index contributed by atoms with van der Waals surface area (Å²) in [6.07, 6.45) is 1.17. The lowest BCUT2D eigenvalue weighted by Gasteiger charge is -2.05. The predicted octanol–water partition coefficient (Wildman–Crippen LogP) is 4.08. The number of carbonyl (C=O) groups is 1. The number of hydrogen-bond acceptors (Lipinski definition) is 3. The Morgan fingerprint density at radius 3 is 2.39 bits per heavy atom. The first-order chi connectivity index (χ1) is 11.0. The van der Waals surface area contributed by atoms with Crippen LogP contribution in [0.4, 0.5) is 20.2 Å². The molecule has 116 valence electrons. The zero-order valence-corrected chi connectivity index (χ0v) is 12.4. The van der Waals surface area contributed by atoms with Crippen LogP contribution in [0.2, 0.25) is 5.02 Å². The lowest BCUT2D eigenvalue weighted by atomic mass is 10.2. The summed E-state index contributed by atoms with van der Waals surface area (Å²) in [6, 6.07) is 10.7. The van der Waals surface area contributed by atoms with Crippen LogP contribution < -0.4 is 10.6 Å². The number of nitriles is 1. The second kappa shape index (κ2) is 7.38. The molecule has 4 nitrogen and oxygen atoms in total. The first kappa shape index (κ1) is 16.5. The number of carbonyl (C=O) groups excluding carboxylic acids is 1. The van der Waals surface area contributed by atoms with Crippen molar-refractivity contribution >= 4 is 28.9 Å². The van der Waals surface area contributed by atoms with E-state index < -0.39 is 17.5 Å². The van der Waals surface area contributed by atoms with Gasteiger partial charge in [0.15, 0.2) is 0 Å². The number of nitrogens with zero attached hydrogens (tertiary/aromatic N) is 1. The Hall–Kier alpha value is -2.91. The minimum Gasteiger partial charge on any atom is -0.360 e. The van der Waals surface area contributed by atoms with E-state index in [-0.39, 0.29) is 10.6 Å². The van der Waals surface area contributed by atoms with Crippen LogP contribution in [0.15, 0.2) is 54.2 Å². The minimum atomic E-state index is -0.667. The van der Waals surface area contributed by atoms with Gasteiger partial charge in [0.25, 0.3) is 5.91 Å². The van der Waals surface area contributed by atoms with Crippen LogP contribution in [0, 0.1) is 23.0 Å². The number of amides is 1. The highest BCUT2D eigenvalue weighted by Crippen LogP contribution is 2.19. The molecule has 23 heavy (non-hydrogen) atoms. The Balaban J connectivity index is 2.08. The van der Waals surface area contributed by atoms with Crippen molar-refractivity contribution in [2.45, 2.75) is 0 Å². The van der Waals surface area contributed by atoms with E-state index in [2.05, 4.69) is 10.6 Å². The molecule has 0 radical (unpaired) electrons. The van der Waals surface area contributed by atoms with Crippen molar-refractivity contribution in [3.8, 4) is 6.07 Å². The van der Waals surface area contributed by atoms with Gasteiger partial charge in [-0.1, -0.05) is 11.6 Å². The summed E-state index contributed by atoms with van der Waals surface area (Å²) >= 11 is 5.64. The van der Waals surface area contributed by atoms with Crippen LogP contribution in [0.5, 0.6) is 0 Å². The predicted molar refractivity (Wildman–Crippen MR) is 83.8 cm³/mol. The highest BCUT2D eigenvalue weighted by molar-refractivity contribution is 6.31. The second-order valence-corrected chi connectivity index (χ2v) is 4.81. The SMILES string of the molecule is N#C/C(=C/Nc1ccc(F)c(Cl)c1)C(=O)Nc1ccc(F)cc1. The lowest BCUT2D eigenvalue weighted by Crippen LogP contribution is -2.14. The van der Waals surface area contributed by atoms with Crippen LogP contribution in [0.25, 0.3) is 0 Å². The van der Waals surface area contributed by atoms with Crippen molar-refractivity contribution in [1.82, 2.24) is 0 Å². The highest BCUT2D eigenvalue weighted by atomic mass is 35.5. The highest BCUT2D eigenvalue weighted by Gasteiger charge is 2.09. The molecule has 2 rings (SSSR count). The first-order valence-corrected chi connectivity index (χ1v) is 6.76. The molecule has 0 heterocycles. The molecule has 0 fully saturated rings. The van der Waals surface area contributed by atoms with Crippen molar-refractivity contribution < 1.29 is 13.6 Å². The zero-order valence-electron chi connectivity index (χ0n) is 11.6. The lowest BCUT2D eigenvalue weighted by molar-refractivity contribution is -0.112. The quantitative estimate of drug-likeness (QED) is 0.654. The number of rotatable bonds is 4. The van der Waals surface area contributed by atoms with Gasteiger partial charge in [-0.15, -0.1) is 0 Å². The van der Waals surface area contributed by atoms with Gasteiger partial charge in [0.1, 0.15) is 23.3 Å². The van der Waals surface area contributed by atoms with E-state index in [1.807, 2.05) is 0 Å². The van der Waals surface area contributed by atoms with Crippen molar-refractivity contribution in [3.05, 3.63) is 70.9 Å². The molecule has 0 saturated heterocycles. The van der Waals surface area contributed by atoms with E-state index in [1.54, 1.807) is 6.07 Å². The van der Waals surface area contributed by atoms with E-state index in [4.69, 9.17) is 16.9 Å². The van der Waals surface area contributed by atoms with Gasteiger partial charge in [0.05, 0.1) is 5.02 Å². The molecule has 2 N–H and O–H groups in total. The summed E-state index contributed by atoms with van der Waals surface area (Å²) in [7, 11) is 0. The third-order valence-corrected chi connectivity index (χ3v) is 3.06. The number of nitrogens with one attached hydrogen (secondary N) is 2. The molecule has 1 amide bonds. The standard InChI is InChI=1S/C16H10ClF2N3O/c17-14-7-13(5-6-15(14)19)21-9-10(8-20)16(23)22-12-3-1-11(18)2-4-12/h1-7,9,21H,(H,22,23)/b10-9-. The average molecular weight is 334 g/mol. The maximum Gasteiger partial charge on any atom is 0.267 e. The van der Waals surface area contributed by atoms with Crippen molar-refractivity contribution in [3.63, 3.8) is 0 Å². The summed E-state index contributed by atoms with van der Waals surface area (Å²) in [6.45, 7) is 0. The van der Waals surface area contributed by atoms with Crippen LogP contribution in [-0.4, -0.2) is 5.91 Å². The molecule has 0 bridgehead atoms. The Kier molecular flexibility index (Phi) is 5.28. The summed E-state index contributed by atoms with van der Waals surface area (Å²) in [5.74, 6) is -1.68. The van der Waals surface area contributed by atoms with Crippen molar-refractivity contribution in [2.75, 3.05) is 10.6 Å². The Morgan fingerprint density at radius 1 is 1.13 bits per heavy atom. The third-order valence-electron chi connectivity index (χ3n) is 2.77. The summed E-state index contributed by atoms with van der Waals surface area (Å²) in [4.78, 5) is 11.9. The molecule has 0 spiro atoms. The summed E-state index contributed by atoms with van der Waals surface area (Å²) < 4.78 is 25.8. The van der Waals surface area contributed by atoms with Gasteiger partial charge in [-0.3, -0.25) is 4.79 Å². The fraction of sp³-hybridized carbons (Fsp3) is 0. The summed E-state index contributed by atoms with van der Waals surface area (Å²) in [5.41, 5.74) is 0.552. The second-order valence-electron chi connectivity index (χ2n) is 4.40. The average Bonchev–Trinajstić information content (AvgIpc) is 2.53. The molecular weight excluding hydrogens is 324 g/mol. The fourth-order valence-corrected chi connectivity index (χ4v) is 1.80. The van der Waals surface area contributed by atoms with Gasteiger partial charge in [0, 0.05) is 17.6 Å². The topological polar surface area (TPSA) is 64.9 Å². The molecule has 0 unspecified atom stereocenters. The molecule has 0 saturated carbocycles. The van der Waals surface area contributed by atoms with Crippen LogP contribution in [0.1, 0.15) is 0 Å². The number of hydrogen-bond donors (Lipinski definition) is 2. The Morgan fingerprint density at radius 2 is 1.78 bits per heavy atom. The van der Waals surface area contributed by atoms with Gasteiger partial charge in [-0.2, -0.15) is 5.26 Å². The first-order valence-electron chi connectivity index (χ1n) is 6.38. The van der Waals surface area contributed by atoms with E-state index in [1.165, 1.54) is 42.6 Å². The van der Waals surface area contributed by atoms with E-state index in [0.717, 1.165) is 6.07 Å². The minimum absolute atomic E-state index is 0.0855. The van der Waals surface area contributed by atoms with Crippen LogP contribution >= 0.6 is 11.6 Å². The smallest absolute Gasteiger partial charge is 0.267 e. The number of anilines is 2. The molecule has 2 aromatic rings. The molecule has 0 aliphatic rings. The van der Waals surface area contributed by atoms with Gasteiger partial charge in [-0.05, 0) is 42.5 Å². The van der Waals surface area contributed by atoms with Crippen LogP contribution in [-0.2, 0) is 4.79 Å². The monoisotopic (exact) mass is 333 g/mol. The maximum atomic E-state index is 13.0. The summed E-state index contributed by atoms with van der Waals surface area (Å²) in [5, 5.41) is 14.1. The van der Waals surface area contributed by atoms with Gasteiger partial charge < -0.3 is 10.6 Å². The van der Waals surface area contributed by atoms with Crippen molar-refractivity contribution in [1.29, 1.82) is 5.26 Å².